The van der Waals surface area contributed by atoms with E-state index in [0.717, 1.165) is 0 Å². The summed E-state index contributed by atoms with van der Waals surface area (Å²) in [4.78, 5) is 14.4. The van der Waals surface area contributed by atoms with Crippen molar-refractivity contribution >= 4 is 33.5 Å². The molecule has 0 amide bonds. The second-order valence-electron chi connectivity index (χ2n) is 3.21. The lowest BCUT2D eigenvalue weighted by atomic mass is 10.2. The van der Waals surface area contributed by atoms with Gasteiger partial charge in [-0.05, 0) is 34.1 Å². The fourth-order valence-corrected chi connectivity index (χ4v) is 1.70. The van der Waals surface area contributed by atoms with Crippen molar-refractivity contribution in [3.05, 3.63) is 33.6 Å². The maximum absolute atomic E-state index is 10.5. The highest BCUT2D eigenvalue weighted by Crippen LogP contribution is 2.27. The van der Waals surface area contributed by atoms with Gasteiger partial charge in [0.2, 0.25) is 11.7 Å². The van der Waals surface area contributed by atoms with Crippen LogP contribution in [0.25, 0.3) is 11.4 Å². The SMILES string of the molecule is O=C(O)Cc1nc(-c2ccc(Cl)c(Br)c2)no1. The Morgan fingerprint density at radius 2 is 2.29 bits per heavy atom. The van der Waals surface area contributed by atoms with E-state index in [1.165, 1.54) is 0 Å². The van der Waals surface area contributed by atoms with E-state index in [-0.39, 0.29) is 12.3 Å². The van der Waals surface area contributed by atoms with Gasteiger partial charge >= 0.3 is 5.97 Å². The first kappa shape index (κ1) is 12.1. The van der Waals surface area contributed by atoms with Crippen LogP contribution in [0.5, 0.6) is 0 Å². The van der Waals surface area contributed by atoms with Gasteiger partial charge in [-0.25, -0.2) is 0 Å². The minimum atomic E-state index is -1.02. The number of carbonyl (C=O) groups is 1. The second-order valence-corrected chi connectivity index (χ2v) is 4.47. The van der Waals surface area contributed by atoms with E-state index < -0.39 is 5.97 Å². The summed E-state index contributed by atoms with van der Waals surface area (Å²) in [5.41, 5.74) is 0.696. The van der Waals surface area contributed by atoms with Crippen molar-refractivity contribution in [1.29, 1.82) is 0 Å². The zero-order chi connectivity index (χ0) is 12.4. The average Bonchev–Trinajstić information content (AvgIpc) is 2.69. The summed E-state index contributed by atoms with van der Waals surface area (Å²) >= 11 is 9.13. The molecule has 0 aliphatic heterocycles. The van der Waals surface area contributed by atoms with Crippen molar-refractivity contribution in [2.75, 3.05) is 0 Å². The number of hydrogen-bond acceptors (Lipinski definition) is 4. The lowest BCUT2D eigenvalue weighted by molar-refractivity contribution is -0.136. The molecule has 0 atom stereocenters. The molecule has 0 aliphatic rings. The first-order valence-electron chi connectivity index (χ1n) is 4.56. The molecule has 2 aromatic rings. The van der Waals surface area contributed by atoms with Crippen LogP contribution in [-0.2, 0) is 11.2 Å². The molecule has 5 nitrogen and oxygen atoms in total. The molecule has 0 radical (unpaired) electrons. The zero-order valence-corrected chi connectivity index (χ0v) is 10.7. The van der Waals surface area contributed by atoms with Gasteiger partial charge in [-0.3, -0.25) is 4.79 Å². The highest BCUT2D eigenvalue weighted by molar-refractivity contribution is 9.10. The minimum absolute atomic E-state index is 0.0681. The van der Waals surface area contributed by atoms with Crippen molar-refractivity contribution in [3.8, 4) is 11.4 Å². The fourth-order valence-electron chi connectivity index (χ4n) is 1.21. The topological polar surface area (TPSA) is 76.2 Å². The monoisotopic (exact) mass is 316 g/mol. The van der Waals surface area contributed by atoms with Crippen LogP contribution in [0.2, 0.25) is 5.02 Å². The summed E-state index contributed by atoms with van der Waals surface area (Å²) in [6.07, 6.45) is -0.290. The largest absolute Gasteiger partial charge is 0.481 e. The van der Waals surface area contributed by atoms with Gasteiger partial charge in [0.1, 0.15) is 6.42 Å². The number of aliphatic carboxylic acids is 1. The van der Waals surface area contributed by atoms with E-state index in [2.05, 4.69) is 26.1 Å². The quantitative estimate of drug-likeness (QED) is 0.942. The van der Waals surface area contributed by atoms with Crippen molar-refractivity contribution in [1.82, 2.24) is 10.1 Å². The van der Waals surface area contributed by atoms with Gasteiger partial charge in [0, 0.05) is 10.0 Å². The number of rotatable bonds is 3. The van der Waals surface area contributed by atoms with Gasteiger partial charge in [-0.15, -0.1) is 0 Å². The van der Waals surface area contributed by atoms with Crippen LogP contribution < -0.4 is 0 Å². The normalized spacial score (nSPS) is 10.5. The molecule has 1 aromatic carbocycles. The summed E-state index contributed by atoms with van der Waals surface area (Å²) in [5, 5.41) is 12.8. The number of halogens is 2. The maximum atomic E-state index is 10.5. The predicted octanol–water partition coefficient (Wildman–Crippen LogP) is 2.78. The van der Waals surface area contributed by atoms with Gasteiger partial charge in [-0.1, -0.05) is 16.8 Å². The molecule has 0 saturated heterocycles. The molecule has 0 spiro atoms. The summed E-state index contributed by atoms with van der Waals surface area (Å²) < 4.78 is 5.52. The maximum Gasteiger partial charge on any atom is 0.312 e. The summed E-state index contributed by atoms with van der Waals surface area (Å²) in [7, 11) is 0. The van der Waals surface area contributed by atoms with E-state index in [9.17, 15) is 4.79 Å². The number of hydrogen-bond donors (Lipinski definition) is 1. The smallest absolute Gasteiger partial charge is 0.312 e. The van der Waals surface area contributed by atoms with Crippen LogP contribution in [0.15, 0.2) is 27.2 Å². The minimum Gasteiger partial charge on any atom is -0.481 e. The van der Waals surface area contributed by atoms with Gasteiger partial charge in [0.25, 0.3) is 0 Å². The van der Waals surface area contributed by atoms with Crippen LogP contribution in [0.3, 0.4) is 0 Å². The highest BCUT2D eigenvalue weighted by atomic mass is 79.9. The number of aromatic nitrogens is 2. The molecule has 0 unspecified atom stereocenters. The third kappa shape index (κ3) is 2.83. The number of carboxylic acid groups (broad SMARTS) is 1. The Morgan fingerprint density at radius 3 is 2.94 bits per heavy atom. The molecule has 2 rings (SSSR count). The number of benzene rings is 1. The van der Waals surface area contributed by atoms with Crippen molar-refractivity contribution in [2.45, 2.75) is 6.42 Å². The van der Waals surface area contributed by atoms with Crippen LogP contribution >= 0.6 is 27.5 Å². The van der Waals surface area contributed by atoms with Crippen LogP contribution in [0.1, 0.15) is 5.89 Å². The molecule has 0 aliphatic carbocycles. The molecule has 1 N–H and O–H groups in total. The molecule has 7 heteroatoms. The number of nitrogens with zero attached hydrogens (tertiary/aromatic N) is 2. The van der Waals surface area contributed by atoms with Crippen molar-refractivity contribution in [2.24, 2.45) is 0 Å². The first-order valence-corrected chi connectivity index (χ1v) is 5.73. The molecule has 0 bridgehead atoms. The first-order chi connectivity index (χ1) is 8.06. The number of carboxylic acids is 1. The Bertz CT molecular complexity index is 570. The Labute approximate surface area is 110 Å². The van der Waals surface area contributed by atoms with Crippen LogP contribution in [0, 0.1) is 0 Å². The molecule has 88 valence electrons. The summed E-state index contributed by atoms with van der Waals surface area (Å²) in [5.74, 6) is -0.616. The van der Waals surface area contributed by atoms with Gasteiger partial charge in [0.05, 0.1) is 5.02 Å². The predicted molar refractivity (Wildman–Crippen MR) is 63.8 cm³/mol. The van der Waals surface area contributed by atoms with E-state index >= 15 is 0 Å². The van der Waals surface area contributed by atoms with Crippen LogP contribution in [0.4, 0.5) is 0 Å². The average molecular weight is 318 g/mol. The third-order valence-electron chi connectivity index (χ3n) is 1.95. The van der Waals surface area contributed by atoms with E-state index in [4.69, 9.17) is 21.2 Å². The van der Waals surface area contributed by atoms with E-state index in [1.54, 1.807) is 18.2 Å². The molecule has 0 saturated carbocycles. The lowest BCUT2D eigenvalue weighted by Crippen LogP contribution is -1.99. The van der Waals surface area contributed by atoms with E-state index in [0.29, 0.717) is 20.9 Å². The Morgan fingerprint density at radius 1 is 1.53 bits per heavy atom. The Hall–Kier alpha value is -1.40. The molecule has 0 fully saturated rings. The van der Waals surface area contributed by atoms with Gasteiger partial charge < -0.3 is 9.63 Å². The molecular formula is C10H6BrClN2O3. The molecule has 1 heterocycles. The van der Waals surface area contributed by atoms with E-state index in [1.807, 2.05) is 0 Å². The Kier molecular flexibility index (Phi) is 3.44. The molecular weight excluding hydrogens is 311 g/mol. The van der Waals surface area contributed by atoms with Crippen LogP contribution in [-0.4, -0.2) is 21.2 Å². The summed E-state index contributed by atoms with van der Waals surface area (Å²) in [6, 6.07) is 5.15. The zero-order valence-electron chi connectivity index (χ0n) is 8.35. The molecule has 17 heavy (non-hydrogen) atoms. The Balaban J connectivity index is 2.30. The highest BCUT2D eigenvalue weighted by Gasteiger charge is 2.12. The summed E-state index contributed by atoms with van der Waals surface area (Å²) in [6.45, 7) is 0. The standard InChI is InChI=1S/C10H6BrClN2O3/c11-6-3-5(1-2-7(6)12)10-13-8(17-14-10)4-9(15)16/h1-3H,4H2,(H,15,16). The van der Waals surface area contributed by atoms with Crippen molar-refractivity contribution < 1.29 is 14.4 Å². The fraction of sp³-hybridized carbons (Fsp3) is 0.100. The molecule has 1 aromatic heterocycles. The van der Waals surface area contributed by atoms with Gasteiger partial charge in [0.15, 0.2) is 0 Å². The third-order valence-corrected chi connectivity index (χ3v) is 3.16. The lowest BCUT2D eigenvalue weighted by Gasteiger charge is -1.97. The van der Waals surface area contributed by atoms with Gasteiger partial charge in [-0.2, -0.15) is 4.98 Å². The van der Waals surface area contributed by atoms with Crippen molar-refractivity contribution in [3.63, 3.8) is 0 Å². The second kappa shape index (κ2) is 4.85.